The van der Waals surface area contributed by atoms with Crippen LogP contribution < -0.4 is 0 Å². The maximum absolute atomic E-state index is 12.7. The first-order valence-electron chi connectivity index (χ1n) is 5.76. The molecule has 0 atom stereocenters. The minimum Gasteiger partial charge on any atom is -0.303 e. The van der Waals surface area contributed by atoms with Crippen LogP contribution in [0.3, 0.4) is 0 Å². The van der Waals surface area contributed by atoms with E-state index in [0.29, 0.717) is 5.69 Å². The van der Waals surface area contributed by atoms with Crippen LogP contribution in [0.2, 0.25) is 0 Å². The van der Waals surface area contributed by atoms with Crippen LogP contribution in [0.15, 0.2) is 24.4 Å². The van der Waals surface area contributed by atoms with Crippen molar-refractivity contribution in [3.8, 4) is 5.69 Å². The second-order valence-corrected chi connectivity index (χ2v) is 4.35. The van der Waals surface area contributed by atoms with Crippen LogP contribution in [0, 0.1) is 13.8 Å². The molecule has 0 N–H and O–H groups in total. The lowest BCUT2D eigenvalue weighted by atomic mass is 10.0. The summed E-state index contributed by atoms with van der Waals surface area (Å²) in [6.07, 6.45) is -3.52. The third kappa shape index (κ3) is 2.52. The highest BCUT2D eigenvalue weighted by molar-refractivity contribution is 6.08. The molecule has 1 aromatic carbocycles. The van der Waals surface area contributed by atoms with Crippen LogP contribution in [0.25, 0.3) is 5.69 Å². The first-order valence-corrected chi connectivity index (χ1v) is 5.76. The van der Waals surface area contributed by atoms with Crippen molar-refractivity contribution in [1.82, 2.24) is 9.55 Å². The largest absolute Gasteiger partial charge is 0.434 e. The fraction of sp³-hybridized carbons (Fsp3) is 0.308. The van der Waals surface area contributed by atoms with Crippen molar-refractivity contribution in [3.63, 3.8) is 0 Å². The number of hydrogen-bond acceptors (Lipinski definition) is 1. The smallest absolute Gasteiger partial charge is 0.303 e. The summed E-state index contributed by atoms with van der Waals surface area (Å²) in [5.41, 5.74) is 1.53. The quantitative estimate of drug-likeness (QED) is 0.762. The molecule has 1 heterocycles. The number of benzene rings is 1. The summed E-state index contributed by atoms with van der Waals surface area (Å²) in [6, 6.07) is 5.55. The molecule has 2 nitrogen and oxygen atoms in total. The number of para-hydroxylation sites is 1. The van der Waals surface area contributed by atoms with E-state index in [9.17, 15) is 13.2 Å². The van der Waals surface area contributed by atoms with Crippen LogP contribution in [0.4, 0.5) is 13.2 Å². The van der Waals surface area contributed by atoms with Gasteiger partial charge >= 0.3 is 6.18 Å². The van der Waals surface area contributed by atoms with E-state index in [1.54, 1.807) is 0 Å². The number of rotatable bonds is 2. The van der Waals surface area contributed by atoms with Gasteiger partial charge in [0.05, 0.1) is 13.5 Å². The van der Waals surface area contributed by atoms with E-state index in [0.717, 1.165) is 17.3 Å². The Bertz CT molecular complexity index is 582. The van der Waals surface area contributed by atoms with Gasteiger partial charge in [0.15, 0.2) is 5.69 Å². The Morgan fingerprint density at radius 3 is 2.26 bits per heavy atom. The first-order chi connectivity index (χ1) is 8.84. The van der Waals surface area contributed by atoms with Gasteiger partial charge in [-0.25, -0.2) is 4.98 Å². The molecule has 0 aliphatic rings. The van der Waals surface area contributed by atoms with Crippen molar-refractivity contribution >= 4 is 7.85 Å². The maximum atomic E-state index is 12.7. The molecule has 1 aromatic heterocycles. The predicted octanol–water partition coefficient (Wildman–Crippen LogP) is 3.18. The van der Waals surface area contributed by atoms with Crippen molar-refractivity contribution in [2.45, 2.75) is 26.3 Å². The van der Waals surface area contributed by atoms with Gasteiger partial charge in [-0.2, -0.15) is 13.2 Å². The van der Waals surface area contributed by atoms with E-state index in [2.05, 4.69) is 4.98 Å². The summed E-state index contributed by atoms with van der Waals surface area (Å²) < 4.78 is 39.6. The molecule has 0 amide bonds. The van der Waals surface area contributed by atoms with Gasteiger partial charge in [-0.05, 0) is 31.3 Å². The summed E-state index contributed by atoms with van der Waals surface area (Å²) in [4.78, 5) is 3.57. The van der Waals surface area contributed by atoms with Crippen molar-refractivity contribution < 1.29 is 13.2 Å². The van der Waals surface area contributed by atoms with E-state index in [-0.39, 0.29) is 12.1 Å². The van der Waals surface area contributed by atoms with E-state index in [1.807, 2.05) is 32.0 Å². The van der Waals surface area contributed by atoms with Gasteiger partial charge < -0.3 is 4.57 Å². The molecule has 2 rings (SSSR count). The molecule has 0 bridgehead atoms. The number of alkyl halides is 3. The average Bonchev–Trinajstić information content (AvgIpc) is 2.72. The van der Waals surface area contributed by atoms with Gasteiger partial charge in [0.2, 0.25) is 0 Å². The molecule has 0 unspecified atom stereocenters. The summed E-state index contributed by atoms with van der Waals surface area (Å²) in [5.74, 6) is 0.199. The SMILES string of the molecule is [B]Cc1nc(C(F)(F)F)cn1-c1c(C)cccc1C. The molecule has 0 spiro atoms. The Hall–Kier alpha value is -1.72. The number of aromatic nitrogens is 2. The number of halogens is 3. The fourth-order valence-electron chi connectivity index (χ4n) is 2.08. The van der Waals surface area contributed by atoms with Gasteiger partial charge in [-0.3, -0.25) is 0 Å². The molecule has 2 aromatic rings. The van der Waals surface area contributed by atoms with E-state index < -0.39 is 11.9 Å². The second-order valence-electron chi connectivity index (χ2n) is 4.35. The zero-order chi connectivity index (χ0) is 14.2. The Kier molecular flexibility index (Phi) is 3.43. The molecule has 0 aliphatic carbocycles. The van der Waals surface area contributed by atoms with Crippen molar-refractivity contribution in [2.24, 2.45) is 0 Å². The molecular weight excluding hydrogens is 252 g/mol. The highest BCUT2D eigenvalue weighted by Crippen LogP contribution is 2.30. The van der Waals surface area contributed by atoms with Crippen LogP contribution in [-0.4, -0.2) is 17.4 Å². The fourth-order valence-corrected chi connectivity index (χ4v) is 2.08. The summed E-state index contributed by atoms with van der Waals surface area (Å²) in [6.45, 7) is 3.69. The lowest BCUT2D eigenvalue weighted by Gasteiger charge is -2.12. The molecular formula is C13H12BF3N2. The third-order valence-electron chi connectivity index (χ3n) is 2.93. The Balaban J connectivity index is 2.65. The van der Waals surface area contributed by atoms with Crippen LogP contribution >= 0.6 is 0 Å². The molecule has 0 saturated carbocycles. The summed E-state index contributed by atoms with van der Waals surface area (Å²) in [7, 11) is 5.49. The highest BCUT2D eigenvalue weighted by atomic mass is 19.4. The summed E-state index contributed by atoms with van der Waals surface area (Å²) >= 11 is 0. The topological polar surface area (TPSA) is 17.8 Å². The minimum absolute atomic E-state index is 0.0517. The zero-order valence-electron chi connectivity index (χ0n) is 10.6. The Morgan fingerprint density at radius 2 is 1.79 bits per heavy atom. The number of nitrogens with zero attached hydrogens (tertiary/aromatic N) is 2. The maximum Gasteiger partial charge on any atom is 0.434 e. The number of aryl methyl sites for hydroxylation is 2. The first kappa shape index (κ1) is 13.7. The number of hydrogen-bond donors (Lipinski definition) is 0. The van der Waals surface area contributed by atoms with Gasteiger partial charge in [0.25, 0.3) is 0 Å². The van der Waals surface area contributed by atoms with Gasteiger partial charge in [-0.15, -0.1) is 0 Å². The number of imidazole rings is 1. The van der Waals surface area contributed by atoms with Gasteiger partial charge in [-0.1, -0.05) is 18.2 Å². The van der Waals surface area contributed by atoms with E-state index >= 15 is 0 Å². The zero-order valence-corrected chi connectivity index (χ0v) is 10.6. The molecule has 0 aliphatic heterocycles. The van der Waals surface area contributed by atoms with E-state index in [1.165, 1.54) is 4.57 Å². The second kappa shape index (κ2) is 4.76. The van der Waals surface area contributed by atoms with Gasteiger partial charge in [0.1, 0.15) is 5.82 Å². The molecule has 19 heavy (non-hydrogen) atoms. The molecule has 2 radical (unpaired) electrons. The summed E-state index contributed by atoms with van der Waals surface area (Å²) in [5, 5.41) is 0. The normalized spacial score (nSPS) is 11.8. The van der Waals surface area contributed by atoms with E-state index in [4.69, 9.17) is 7.85 Å². The van der Waals surface area contributed by atoms with Gasteiger partial charge in [0, 0.05) is 6.20 Å². The van der Waals surface area contributed by atoms with Crippen LogP contribution in [0.1, 0.15) is 22.6 Å². The average molecular weight is 264 g/mol. The Labute approximate surface area is 110 Å². The highest BCUT2D eigenvalue weighted by Gasteiger charge is 2.34. The van der Waals surface area contributed by atoms with Crippen LogP contribution in [-0.2, 0) is 12.5 Å². The van der Waals surface area contributed by atoms with Crippen molar-refractivity contribution in [1.29, 1.82) is 0 Å². The lowest BCUT2D eigenvalue weighted by Crippen LogP contribution is -2.05. The molecule has 0 fully saturated rings. The monoisotopic (exact) mass is 264 g/mol. The standard InChI is InChI=1S/C13H12BF3N2/c1-8-4-3-5-9(2)12(8)19-7-10(13(15,16)17)18-11(19)6-14/h3-5,7H,6H2,1-2H3. The molecule has 6 heteroatoms. The van der Waals surface area contributed by atoms with Crippen molar-refractivity contribution in [2.75, 3.05) is 0 Å². The predicted molar refractivity (Wildman–Crippen MR) is 67.5 cm³/mol. The molecule has 98 valence electrons. The third-order valence-corrected chi connectivity index (χ3v) is 2.93. The minimum atomic E-state index is -4.47. The molecule has 0 saturated heterocycles. The van der Waals surface area contributed by atoms with Crippen molar-refractivity contribution in [3.05, 3.63) is 47.0 Å². The lowest BCUT2D eigenvalue weighted by molar-refractivity contribution is -0.141. The van der Waals surface area contributed by atoms with Crippen LogP contribution in [0.5, 0.6) is 0 Å². The Morgan fingerprint density at radius 1 is 1.21 bits per heavy atom.